The van der Waals surface area contributed by atoms with E-state index in [1.165, 1.54) is 57.6 Å². The lowest BCUT2D eigenvalue weighted by Crippen LogP contribution is -2.53. The molecule has 2 aromatic carbocycles. The van der Waals surface area contributed by atoms with Crippen LogP contribution < -0.4 is 9.64 Å². The molecule has 0 spiro atoms. The van der Waals surface area contributed by atoms with Crippen LogP contribution in [0.2, 0.25) is 0 Å². The van der Waals surface area contributed by atoms with E-state index in [4.69, 9.17) is 4.74 Å². The number of pyridine rings is 1. The van der Waals surface area contributed by atoms with Crippen LogP contribution in [0.25, 0.3) is 10.9 Å². The summed E-state index contributed by atoms with van der Waals surface area (Å²) < 4.78 is 47.0. The fourth-order valence-corrected chi connectivity index (χ4v) is 9.00. The number of anilines is 1. The number of fused-ring (bicyclic) bond motifs is 1. The van der Waals surface area contributed by atoms with Gasteiger partial charge >= 0.3 is 0 Å². The summed E-state index contributed by atoms with van der Waals surface area (Å²) in [6.45, 7) is 11.7. The molecule has 0 bridgehead atoms. The predicted octanol–water partition coefficient (Wildman–Crippen LogP) is 6.93. The summed E-state index contributed by atoms with van der Waals surface area (Å²) in [5.41, 5.74) is 1.37. The molecule has 1 atom stereocenters. The van der Waals surface area contributed by atoms with Crippen molar-refractivity contribution >= 4 is 37.2 Å². The van der Waals surface area contributed by atoms with Gasteiger partial charge in [0, 0.05) is 65.8 Å². The molecule has 2 saturated heterocycles. The number of sulfone groups is 1. The largest absolute Gasteiger partial charge is 0.494 e. The smallest absolute Gasteiger partial charge is 0.210 e. The molecule has 10 heteroatoms. The molecule has 258 valence electrons. The third-order valence-electron chi connectivity index (χ3n) is 9.95. The SMILES string of the molecule is CCCCCCCCCCOc1ccc(S(=O)(=O)c2cnc3ccc(S(C)=O)cc3c2N2CCN(C3CCN(CC)CC3)CC2)cc1. The van der Waals surface area contributed by atoms with Crippen molar-refractivity contribution in [2.45, 2.75) is 98.8 Å². The first kappa shape index (κ1) is 35.8. The summed E-state index contributed by atoms with van der Waals surface area (Å²) in [7, 11) is -5.11. The number of likely N-dealkylation sites (tertiary alicyclic amines) is 1. The highest BCUT2D eigenvalue weighted by Crippen LogP contribution is 2.38. The second-order valence-electron chi connectivity index (χ2n) is 13.1. The van der Waals surface area contributed by atoms with Gasteiger partial charge < -0.3 is 14.5 Å². The quantitative estimate of drug-likeness (QED) is 0.151. The fourth-order valence-electron chi connectivity index (χ4n) is 7.02. The second-order valence-corrected chi connectivity index (χ2v) is 16.4. The highest BCUT2D eigenvalue weighted by molar-refractivity contribution is 7.91. The molecule has 0 radical (unpaired) electrons. The molecule has 0 amide bonds. The van der Waals surface area contributed by atoms with Crippen molar-refractivity contribution in [1.82, 2.24) is 14.8 Å². The molecule has 2 aliphatic rings. The molecular weight excluding hydrogens is 629 g/mol. The number of unbranched alkanes of at least 4 members (excludes halogenated alkanes) is 7. The first-order chi connectivity index (χ1) is 22.8. The van der Waals surface area contributed by atoms with E-state index in [1.807, 2.05) is 18.2 Å². The van der Waals surface area contributed by atoms with E-state index in [0.29, 0.717) is 34.5 Å². The average molecular weight is 683 g/mol. The van der Waals surface area contributed by atoms with Crippen LogP contribution in [0.15, 0.2) is 63.3 Å². The standard InChI is InChI=1S/C37H54N4O4S2/c1-4-6-7-8-9-10-11-12-27-45-31-13-16-33(17-14-31)47(43,44)36-29-38-35-18-15-32(46(3)42)28-34(35)37(36)41-25-23-40(24-26-41)30-19-21-39(5-2)22-20-30/h13-18,28-30H,4-12,19-27H2,1-3H3. The number of hydrogen-bond acceptors (Lipinski definition) is 8. The van der Waals surface area contributed by atoms with Crippen molar-refractivity contribution in [3.8, 4) is 5.75 Å². The van der Waals surface area contributed by atoms with Crippen LogP contribution in [0.5, 0.6) is 5.75 Å². The Labute approximate surface area is 285 Å². The molecular formula is C37H54N4O4S2. The van der Waals surface area contributed by atoms with E-state index >= 15 is 0 Å². The molecule has 2 aliphatic heterocycles. The molecule has 0 aliphatic carbocycles. The van der Waals surface area contributed by atoms with Crippen LogP contribution in [-0.2, 0) is 20.6 Å². The zero-order valence-corrected chi connectivity index (χ0v) is 30.3. The maximum absolute atomic E-state index is 14.3. The van der Waals surface area contributed by atoms with Crippen LogP contribution in [0, 0.1) is 0 Å². The van der Waals surface area contributed by atoms with Gasteiger partial charge in [0.2, 0.25) is 9.84 Å². The summed E-state index contributed by atoms with van der Waals surface area (Å²) in [6, 6.07) is 12.9. The Kier molecular flexibility index (Phi) is 13.1. The lowest BCUT2D eigenvalue weighted by Gasteiger charge is -2.43. The predicted molar refractivity (Wildman–Crippen MR) is 193 cm³/mol. The summed E-state index contributed by atoms with van der Waals surface area (Å²) >= 11 is 0. The van der Waals surface area contributed by atoms with Crippen LogP contribution in [-0.4, -0.2) is 92.1 Å². The Morgan fingerprint density at radius 1 is 0.851 bits per heavy atom. The normalized spacial score (nSPS) is 17.7. The molecule has 1 unspecified atom stereocenters. The van der Waals surface area contributed by atoms with E-state index in [0.717, 1.165) is 64.0 Å². The van der Waals surface area contributed by atoms with Gasteiger partial charge in [-0.25, -0.2) is 8.42 Å². The van der Waals surface area contributed by atoms with E-state index in [1.54, 1.807) is 30.5 Å². The minimum absolute atomic E-state index is 0.196. The molecule has 47 heavy (non-hydrogen) atoms. The van der Waals surface area contributed by atoms with Crippen molar-refractivity contribution in [3.63, 3.8) is 0 Å². The number of rotatable bonds is 16. The van der Waals surface area contributed by atoms with E-state index in [9.17, 15) is 12.6 Å². The van der Waals surface area contributed by atoms with Crippen LogP contribution in [0.3, 0.4) is 0 Å². The van der Waals surface area contributed by atoms with Crippen LogP contribution >= 0.6 is 0 Å². The molecule has 3 heterocycles. The summed E-state index contributed by atoms with van der Waals surface area (Å²) in [5.74, 6) is 0.680. The Bertz CT molecular complexity index is 1570. The minimum Gasteiger partial charge on any atom is -0.494 e. The highest BCUT2D eigenvalue weighted by Gasteiger charge is 2.31. The lowest BCUT2D eigenvalue weighted by molar-refractivity contribution is 0.106. The number of hydrogen-bond donors (Lipinski definition) is 0. The molecule has 3 aromatic rings. The first-order valence-corrected chi connectivity index (χ1v) is 20.8. The maximum Gasteiger partial charge on any atom is 0.210 e. The van der Waals surface area contributed by atoms with Gasteiger partial charge in [-0.05, 0) is 81.4 Å². The third-order valence-corrected chi connectivity index (χ3v) is 12.6. The Morgan fingerprint density at radius 3 is 2.15 bits per heavy atom. The average Bonchev–Trinajstić information content (AvgIpc) is 3.10. The molecule has 2 fully saturated rings. The number of piperazine rings is 1. The summed E-state index contributed by atoms with van der Waals surface area (Å²) in [6.07, 6.45) is 15.4. The number of ether oxygens (including phenoxy) is 1. The van der Waals surface area contributed by atoms with Gasteiger partial charge in [0.15, 0.2) is 0 Å². The topological polar surface area (TPSA) is 83.0 Å². The molecule has 8 nitrogen and oxygen atoms in total. The third kappa shape index (κ3) is 9.13. The fraction of sp³-hybridized carbons (Fsp3) is 0.595. The highest BCUT2D eigenvalue weighted by atomic mass is 32.2. The van der Waals surface area contributed by atoms with E-state index in [2.05, 4.69) is 33.5 Å². The Morgan fingerprint density at radius 2 is 1.51 bits per heavy atom. The first-order valence-electron chi connectivity index (χ1n) is 17.8. The number of piperidine rings is 1. The van der Waals surface area contributed by atoms with Gasteiger partial charge in [-0.2, -0.15) is 0 Å². The zero-order chi connectivity index (χ0) is 33.2. The van der Waals surface area contributed by atoms with E-state index < -0.39 is 20.6 Å². The van der Waals surface area contributed by atoms with Crippen LogP contribution in [0.1, 0.15) is 78.1 Å². The van der Waals surface area contributed by atoms with Crippen molar-refractivity contribution in [2.24, 2.45) is 0 Å². The monoisotopic (exact) mass is 682 g/mol. The number of nitrogens with zero attached hydrogens (tertiary/aromatic N) is 4. The van der Waals surface area contributed by atoms with Crippen molar-refractivity contribution < 1.29 is 17.4 Å². The van der Waals surface area contributed by atoms with Crippen molar-refractivity contribution in [3.05, 3.63) is 48.7 Å². The Balaban J connectivity index is 1.31. The van der Waals surface area contributed by atoms with Crippen molar-refractivity contribution in [1.29, 1.82) is 0 Å². The van der Waals surface area contributed by atoms with E-state index in [-0.39, 0.29) is 9.79 Å². The zero-order valence-electron chi connectivity index (χ0n) is 28.7. The number of benzene rings is 2. The van der Waals surface area contributed by atoms with Gasteiger partial charge in [0.05, 0.1) is 22.7 Å². The van der Waals surface area contributed by atoms with Gasteiger partial charge in [0.1, 0.15) is 10.6 Å². The van der Waals surface area contributed by atoms with Crippen molar-refractivity contribution in [2.75, 3.05) is 63.6 Å². The molecule has 0 N–H and O–H groups in total. The second kappa shape index (κ2) is 17.2. The Hall–Kier alpha value is -2.53. The summed E-state index contributed by atoms with van der Waals surface area (Å²) in [4.78, 5) is 13.0. The number of aromatic nitrogens is 1. The maximum atomic E-state index is 14.3. The van der Waals surface area contributed by atoms with Crippen LogP contribution in [0.4, 0.5) is 5.69 Å². The minimum atomic E-state index is -3.90. The summed E-state index contributed by atoms with van der Waals surface area (Å²) in [5, 5.41) is 0.730. The molecule has 0 saturated carbocycles. The van der Waals surface area contributed by atoms with Gasteiger partial charge in [-0.15, -0.1) is 0 Å². The van der Waals surface area contributed by atoms with Gasteiger partial charge in [0.25, 0.3) is 0 Å². The van der Waals surface area contributed by atoms with Gasteiger partial charge in [-0.1, -0.05) is 58.8 Å². The van der Waals surface area contributed by atoms with Gasteiger partial charge in [-0.3, -0.25) is 14.1 Å². The molecule has 1 aromatic heterocycles. The lowest BCUT2D eigenvalue weighted by atomic mass is 10.0. The molecule has 5 rings (SSSR count).